The molecular weight excluding hydrogens is 258 g/mol. The van der Waals surface area contributed by atoms with E-state index in [0.29, 0.717) is 11.1 Å². The first-order valence-electron chi connectivity index (χ1n) is 5.16. The molecule has 1 aromatic heterocycles. The van der Waals surface area contributed by atoms with Crippen molar-refractivity contribution >= 4 is 17.3 Å². The van der Waals surface area contributed by atoms with Gasteiger partial charge in [-0.25, -0.2) is 13.6 Å². The third kappa shape index (κ3) is 2.13. The average molecular weight is 268 g/mol. The van der Waals surface area contributed by atoms with Gasteiger partial charge >= 0.3 is 5.97 Å². The summed E-state index contributed by atoms with van der Waals surface area (Å²) in [6, 6.07) is 3.16. The predicted octanol–water partition coefficient (Wildman–Crippen LogP) is 3.79. The van der Waals surface area contributed by atoms with Crippen LogP contribution in [0.3, 0.4) is 0 Å². The topological polar surface area (TPSA) is 26.3 Å². The summed E-state index contributed by atoms with van der Waals surface area (Å²) in [6.07, 6.45) is 0. The quantitative estimate of drug-likeness (QED) is 0.775. The maximum absolute atomic E-state index is 13.7. The van der Waals surface area contributed by atoms with E-state index in [9.17, 15) is 13.6 Å². The maximum Gasteiger partial charge on any atom is 0.348 e. The van der Waals surface area contributed by atoms with Crippen molar-refractivity contribution < 1.29 is 18.3 Å². The predicted molar refractivity (Wildman–Crippen MR) is 65.7 cm³/mol. The molecule has 2 aromatic rings. The van der Waals surface area contributed by atoms with Gasteiger partial charge in [-0.05, 0) is 36.1 Å². The summed E-state index contributed by atoms with van der Waals surface area (Å²) >= 11 is 1.15. The Bertz CT molecular complexity index is 605. The SMILES string of the molecule is COC(=O)c1scc(C)c1-c1cc(F)ccc1F. The van der Waals surface area contributed by atoms with Crippen molar-refractivity contribution in [2.75, 3.05) is 7.11 Å². The fraction of sp³-hybridized carbons (Fsp3) is 0.154. The van der Waals surface area contributed by atoms with E-state index in [1.165, 1.54) is 7.11 Å². The summed E-state index contributed by atoms with van der Waals surface area (Å²) in [5.41, 5.74) is 1.18. The second-order valence-electron chi connectivity index (χ2n) is 3.74. The van der Waals surface area contributed by atoms with Gasteiger partial charge in [-0.1, -0.05) is 0 Å². The molecule has 0 atom stereocenters. The van der Waals surface area contributed by atoms with Gasteiger partial charge in [0.05, 0.1) is 7.11 Å². The first-order valence-corrected chi connectivity index (χ1v) is 6.04. The van der Waals surface area contributed by atoms with Gasteiger partial charge in [-0.15, -0.1) is 11.3 Å². The van der Waals surface area contributed by atoms with Crippen LogP contribution in [0.4, 0.5) is 8.78 Å². The third-order valence-electron chi connectivity index (χ3n) is 2.54. The summed E-state index contributed by atoms with van der Waals surface area (Å²) in [7, 11) is 1.25. The minimum absolute atomic E-state index is 0.0779. The number of halogens is 2. The Morgan fingerprint density at radius 3 is 2.72 bits per heavy atom. The number of benzene rings is 1. The Labute approximate surface area is 107 Å². The average Bonchev–Trinajstić information content (AvgIpc) is 2.73. The number of hydrogen-bond acceptors (Lipinski definition) is 3. The van der Waals surface area contributed by atoms with Crippen LogP contribution in [-0.4, -0.2) is 13.1 Å². The molecule has 1 aromatic carbocycles. The van der Waals surface area contributed by atoms with Crippen LogP contribution in [0.5, 0.6) is 0 Å². The number of carbonyl (C=O) groups excluding carboxylic acids is 1. The van der Waals surface area contributed by atoms with Crippen LogP contribution in [0.25, 0.3) is 11.1 Å². The van der Waals surface area contributed by atoms with Gasteiger partial charge in [0.1, 0.15) is 16.5 Å². The molecule has 0 amide bonds. The van der Waals surface area contributed by atoms with E-state index in [-0.39, 0.29) is 10.4 Å². The fourth-order valence-corrected chi connectivity index (χ4v) is 2.69. The molecule has 18 heavy (non-hydrogen) atoms. The van der Waals surface area contributed by atoms with E-state index in [0.717, 1.165) is 29.5 Å². The second-order valence-corrected chi connectivity index (χ2v) is 4.62. The molecule has 0 unspecified atom stereocenters. The Hall–Kier alpha value is -1.75. The summed E-state index contributed by atoms with van der Waals surface area (Å²) in [4.78, 5) is 11.9. The molecule has 2 rings (SSSR count). The van der Waals surface area contributed by atoms with Gasteiger partial charge in [0.25, 0.3) is 0 Å². The van der Waals surface area contributed by atoms with Crippen molar-refractivity contribution in [1.82, 2.24) is 0 Å². The molecule has 94 valence electrons. The minimum atomic E-state index is -0.567. The molecule has 0 aliphatic rings. The lowest BCUT2D eigenvalue weighted by molar-refractivity contribution is 0.0607. The zero-order chi connectivity index (χ0) is 13.3. The molecule has 0 fully saturated rings. The summed E-state index contributed by atoms with van der Waals surface area (Å²) < 4.78 is 31.6. The highest BCUT2D eigenvalue weighted by molar-refractivity contribution is 7.12. The summed E-state index contributed by atoms with van der Waals surface area (Å²) in [5, 5.41) is 1.71. The number of carbonyl (C=O) groups is 1. The van der Waals surface area contributed by atoms with Crippen molar-refractivity contribution in [3.63, 3.8) is 0 Å². The molecule has 0 aliphatic heterocycles. The monoisotopic (exact) mass is 268 g/mol. The fourth-order valence-electron chi connectivity index (χ4n) is 1.71. The first-order chi connectivity index (χ1) is 8.54. The molecular formula is C13H10F2O2S. The number of aryl methyl sites for hydroxylation is 1. The highest BCUT2D eigenvalue weighted by Crippen LogP contribution is 2.34. The molecule has 0 radical (unpaired) electrons. The van der Waals surface area contributed by atoms with Crippen LogP contribution in [-0.2, 0) is 4.74 Å². The lowest BCUT2D eigenvalue weighted by Gasteiger charge is -2.06. The van der Waals surface area contributed by atoms with Gasteiger partial charge < -0.3 is 4.74 Å². The molecule has 0 aliphatic carbocycles. The van der Waals surface area contributed by atoms with E-state index in [1.807, 2.05) is 0 Å². The van der Waals surface area contributed by atoms with Crippen LogP contribution in [0, 0.1) is 18.6 Å². The van der Waals surface area contributed by atoms with E-state index in [2.05, 4.69) is 4.74 Å². The lowest BCUT2D eigenvalue weighted by atomic mass is 10.0. The van der Waals surface area contributed by atoms with E-state index in [4.69, 9.17) is 0 Å². The van der Waals surface area contributed by atoms with E-state index in [1.54, 1.807) is 12.3 Å². The normalized spacial score (nSPS) is 10.4. The standard InChI is InChI=1S/C13H10F2O2S/c1-7-6-18-12(13(16)17-2)11(7)9-5-8(14)3-4-10(9)15/h3-6H,1-2H3. The van der Waals surface area contributed by atoms with Crippen LogP contribution >= 0.6 is 11.3 Å². The lowest BCUT2D eigenvalue weighted by Crippen LogP contribution is -2.01. The first kappa shape index (κ1) is 12.7. The molecule has 0 N–H and O–H groups in total. The van der Waals surface area contributed by atoms with Crippen LogP contribution in [0.15, 0.2) is 23.6 Å². The van der Waals surface area contributed by atoms with Crippen molar-refractivity contribution in [2.24, 2.45) is 0 Å². The minimum Gasteiger partial charge on any atom is -0.465 e. The number of esters is 1. The largest absolute Gasteiger partial charge is 0.465 e. The highest BCUT2D eigenvalue weighted by Gasteiger charge is 2.20. The Balaban J connectivity index is 2.66. The zero-order valence-electron chi connectivity index (χ0n) is 9.79. The van der Waals surface area contributed by atoms with Crippen LogP contribution < -0.4 is 0 Å². The number of methoxy groups -OCH3 is 1. The van der Waals surface area contributed by atoms with Crippen molar-refractivity contribution in [3.05, 3.63) is 45.7 Å². The van der Waals surface area contributed by atoms with E-state index < -0.39 is 17.6 Å². The number of rotatable bonds is 2. The molecule has 0 spiro atoms. The highest BCUT2D eigenvalue weighted by atomic mass is 32.1. The van der Waals surface area contributed by atoms with Crippen molar-refractivity contribution in [3.8, 4) is 11.1 Å². The Morgan fingerprint density at radius 2 is 2.06 bits per heavy atom. The third-order valence-corrected chi connectivity index (χ3v) is 3.62. The molecule has 2 nitrogen and oxygen atoms in total. The number of hydrogen-bond donors (Lipinski definition) is 0. The van der Waals surface area contributed by atoms with Gasteiger partial charge in [0, 0.05) is 11.1 Å². The Morgan fingerprint density at radius 1 is 1.33 bits per heavy atom. The summed E-state index contributed by atoms with van der Waals surface area (Å²) in [6.45, 7) is 1.74. The van der Waals surface area contributed by atoms with E-state index >= 15 is 0 Å². The van der Waals surface area contributed by atoms with Crippen molar-refractivity contribution in [1.29, 1.82) is 0 Å². The number of ether oxygens (including phenoxy) is 1. The molecule has 0 saturated carbocycles. The maximum atomic E-state index is 13.7. The van der Waals surface area contributed by atoms with Gasteiger partial charge in [0.2, 0.25) is 0 Å². The number of thiophene rings is 1. The molecule has 0 saturated heterocycles. The summed E-state index contributed by atoms with van der Waals surface area (Å²) in [5.74, 6) is -1.66. The van der Waals surface area contributed by atoms with Crippen LogP contribution in [0.2, 0.25) is 0 Å². The van der Waals surface area contributed by atoms with Crippen LogP contribution in [0.1, 0.15) is 15.2 Å². The second kappa shape index (κ2) is 4.86. The molecule has 5 heteroatoms. The van der Waals surface area contributed by atoms with Crippen molar-refractivity contribution in [2.45, 2.75) is 6.92 Å². The molecule has 1 heterocycles. The van der Waals surface area contributed by atoms with Gasteiger partial charge in [-0.2, -0.15) is 0 Å². The molecule has 0 bridgehead atoms. The van der Waals surface area contributed by atoms with Gasteiger partial charge in [0.15, 0.2) is 0 Å². The zero-order valence-corrected chi connectivity index (χ0v) is 10.6. The van der Waals surface area contributed by atoms with Gasteiger partial charge in [-0.3, -0.25) is 0 Å². The Kier molecular flexibility index (Phi) is 3.43. The smallest absolute Gasteiger partial charge is 0.348 e.